The van der Waals surface area contributed by atoms with Gasteiger partial charge in [0.1, 0.15) is 110 Å². The molecule has 0 amide bonds. The van der Waals surface area contributed by atoms with E-state index in [1.54, 1.807) is 0 Å². The molecule has 63 heteroatoms. The van der Waals surface area contributed by atoms with Gasteiger partial charge in [0.2, 0.25) is 6.29 Å². The second-order valence-corrected chi connectivity index (χ2v) is 31.3. The normalized spacial score (nSPS) is 34.1. The lowest BCUT2D eigenvalue weighted by molar-refractivity contribution is -0.373. The van der Waals surface area contributed by atoms with Crippen molar-refractivity contribution in [2.75, 3.05) is 46.2 Å². The Bertz CT molecular complexity index is 4110. The number of aliphatic hydroxyl groups excluding tert-OH is 7. The molecule has 0 aromatic heterocycles. The third-order valence-corrected chi connectivity index (χ3v) is 18.5. The molecule has 0 radical (unpaired) electrons. The first-order valence-corrected chi connectivity index (χ1v) is 40.9. The summed E-state index contributed by atoms with van der Waals surface area (Å²) < 4.78 is 372. The SMILES string of the molecule is C=CCCOC(=O)/C=C(\CO)OC1OC(COS(=O)(=O)O)C(OC2OC(C(=O)OCCC=C)C(OC3OC(COS(=O)(=O)O)C(OC4OC(C(=O)OCCC=C)C(OC5OC(COS(=O)(=O)O)C(O)C(O)C5NS(=O)(=O)O)C(O)C4OS(=O)(=O)O)C(O)C3NS(=O)(=O)O)C(O)C2OS(=O)(=O)O)C(O)C1NS(=O)(=O)O. The zero-order valence-corrected chi connectivity index (χ0v) is 61.0. The fourth-order valence-electron chi connectivity index (χ4n) is 10.2. The Hall–Kier alpha value is -4.51. The molecule has 5 saturated heterocycles. The number of hydrogen-bond donors (Lipinski definition) is 18. The minimum absolute atomic E-state index is 0.0594. The van der Waals surface area contributed by atoms with Gasteiger partial charge >= 0.3 is 101 Å². The van der Waals surface area contributed by atoms with Gasteiger partial charge in [-0.3, -0.25) is 36.4 Å². The van der Waals surface area contributed by atoms with Crippen LogP contribution in [0.15, 0.2) is 49.8 Å². The Morgan fingerprint density at radius 2 is 0.697 bits per heavy atom. The van der Waals surface area contributed by atoms with Gasteiger partial charge in [-0.25, -0.2) is 35.3 Å². The average Bonchev–Trinajstić information content (AvgIpc) is 0.758. The van der Waals surface area contributed by atoms with E-state index in [4.69, 9.17) is 61.6 Å². The van der Waals surface area contributed by atoms with E-state index in [1.165, 1.54) is 20.2 Å². The number of nitrogens with one attached hydrogen (secondary N) is 3. The number of carbonyl (C=O) groups is 3. The summed E-state index contributed by atoms with van der Waals surface area (Å²) in [6, 6.07) is -8.35. The fraction of sp³-hybridized carbons (Fsp3) is 0.761. The molecule has 25 unspecified atom stereocenters. The average molecular weight is 1760 g/mol. The van der Waals surface area contributed by atoms with Gasteiger partial charge in [-0.2, -0.15) is 81.5 Å². The molecular weight excluding hydrogens is 1680 g/mol. The predicted molar refractivity (Wildman–Crippen MR) is 333 cm³/mol. The van der Waals surface area contributed by atoms with Gasteiger partial charge in [0, 0.05) is 0 Å². The van der Waals surface area contributed by atoms with Gasteiger partial charge in [-0.1, -0.05) is 18.2 Å². The van der Waals surface area contributed by atoms with Crippen LogP contribution in [-0.4, -0.2) is 357 Å². The molecule has 55 nitrogen and oxygen atoms in total. The minimum atomic E-state index is -6.22. The van der Waals surface area contributed by atoms with E-state index in [0.29, 0.717) is 6.08 Å². The van der Waals surface area contributed by atoms with Crippen molar-refractivity contribution in [2.24, 2.45) is 0 Å². The highest BCUT2D eigenvalue weighted by molar-refractivity contribution is 7.84. The maximum absolute atomic E-state index is 14.3. The van der Waals surface area contributed by atoms with Crippen LogP contribution in [0.3, 0.4) is 0 Å². The van der Waals surface area contributed by atoms with Crippen LogP contribution < -0.4 is 14.2 Å². The molecule has 5 fully saturated rings. The highest BCUT2D eigenvalue weighted by Gasteiger charge is 2.62. The van der Waals surface area contributed by atoms with Crippen molar-refractivity contribution in [1.29, 1.82) is 0 Å². The highest BCUT2D eigenvalue weighted by atomic mass is 32.3. The number of hydrogen-bond acceptors (Lipinski definition) is 44. The third kappa shape index (κ3) is 30.3. The fourth-order valence-corrected chi connectivity index (χ4v) is 13.9. The van der Waals surface area contributed by atoms with Crippen LogP contribution in [0.25, 0.3) is 0 Å². The van der Waals surface area contributed by atoms with E-state index in [9.17, 15) is 154 Å². The van der Waals surface area contributed by atoms with Gasteiger partial charge in [0.05, 0.1) is 45.7 Å². The third-order valence-electron chi connectivity index (χ3n) is 14.6. The highest BCUT2D eigenvalue weighted by Crippen LogP contribution is 2.39. The van der Waals surface area contributed by atoms with Crippen molar-refractivity contribution in [3.05, 3.63) is 49.8 Å². The van der Waals surface area contributed by atoms with Crippen LogP contribution in [0.2, 0.25) is 0 Å². The molecule has 0 aliphatic carbocycles. The van der Waals surface area contributed by atoms with Gasteiger partial charge in [0.15, 0.2) is 49.6 Å². The van der Waals surface area contributed by atoms with Crippen molar-refractivity contribution in [3.63, 3.8) is 0 Å². The van der Waals surface area contributed by atoms with Crippen molar-refractivity contribution in [3.8, 4) is 0 Å². The van der Waals surface area contributed by atoms with Crippen LogP contribution in [0.1, 0.15) is 19.3 Å². The van der Waals surface area contributed by atoms with Crippen LogP contribution in [0, 0.1) is 0 Å². The standard InChI is InChI=1S/C46H73N3O52S8/c1-4-7-10-84-22(51)13-18(14-50)90-42-24(48-103(63,64)65)28(54)32(20(92-42)16-88-106(72,73)74)94-45-37(101-109(81,82)83)31(57)35(39(99-45)41(59)86-12-9-6-3)97-44-25(49-104(66,67)68)29(55)33(21(93-44)17-89-107(75,76)77)95-46-36(100-108(78,79)80)30(56)34(38(98-46)40(58)85-11-8-5-2)96-43-23(47-102(60,61)62)27(53)26(52)19(91-43)15-87-105(69,70)71/h4-6,13,19-21,23-39,42-50,52-57H,1-3,7-12,14-17H2,(H,60,61,62)(H,63,64,65)(H,66,67,68)(H,69,70,71)(H,72,73,74)(H,75,76,77)(H,78,79,80)(H,81,82,83)/b18-13+. The van der Waals surface area contributed by atoms with E-state index < -0.39 is 300 Å². The Morgan fingerprint density at radius 3 is 1.04 bits per heavy atom. The first kappa shape index (κ1) is 95.1. The molecule has 0 saturated carbocycles. The topological polar surface area (TPSA) is 830 Å². The maximum Gasteiger partial charge on any atom is 0.397 e. The summed E-state index contributed by atoms with van der Waals surface area (Å²) >= 11 is 0. The monoisotopic (exact) mass is 1760 g/mol. The number of ether oxygens (including phenoxy) is 13. The van der Waals surface area contributed by atoms with Crippen LogP contribution in [-0.2, 0) is 180 Å². The Kier molecular flexibility index (Phi) is 34.6. The summed E-state index contributed by atoms with van der Waals surface area (Å²) in [4.78, 5) is 40.9. The smallest absolute Gasteiger partial charge is 0.397 e. The second kappa shape index (κ2) is 39.7. The van der Waals surface area contributed by atoms with Gasteiger partial charge in [-0.15, -0.1) is 19.7 Å². The van der Waals surface area contributed by atoms with Crippen molar-refractivity contribution in [1.82, 2.24) is 14.2 Å². The molecule has 25 atom stereocenters. The Labute approximate surface area is 617 Å². The molecule has 109 heavy (non-hydrogen) atoms. The zero-order chi connectivity index (χ0) is 82.5. The lowest BCUT2D eigenvalue weighted by Gasteiger charge is -2.50. The quantitative estimate of drug-likeness (QED) is 0.00513. The molecule has 18 N–H and O–H groups in total. The number of aliphatic hydroxyl groups is 7. The summed E-state index contributed by atoms with van der Waals surface area (Å²) in [6.45, 7) is 1.74. The first-order chi connectivity index (χ1) is 50.1. The van der Waals surface area contributed by atoms with Crippen molar-refractivity contribution >= 4 is 101 Å². The summed E-state index contributed by atoms with van der Waals surface area (Å²) in [7, 11) is -47.0. The molecule has 5 heterocycles. The van der Waals surface area contributed by atoms with Crippen molar-refractivity contribution < 1.29 is 236 Å². The predicted octanol–water partition coefficient (Wildman–Crippen LogP) is -11.3. The Balaban J connectivity index is 1.68. The molecule has 0 aromatic rings. The lowest BCUT2D eigenvalue weighted by Crippen LogP contribution is -2.71. The van der Waals surface area contributed by atoms with Crippen LogP contribution in [0.5, 0.6) is 0 Å². The summed E-state index contributed by atoms with van der Waals surface area (Å²) in [5.74, 6) is -6.01. The zero-order valence-electron chi connectivity index (χ0n) is 54.5. The van der Waals surface area contributed by atoms with E-state index in [2.05, 4.69) is 40.7 Å². The molecule has 5 rings (SSSR count). The molecular formula is C46H73N3O52S8. The number of rotatable bonds is 42. The molecule has 0 aromatic carbocycles. The molecule has 0 bridgehead atoms. The lowest BCUT2D eigenvalue weighted by atomic mass is 9.94. The largest absolute Gasteiger partial charge is 0.465 e. The first-order valence-electron chi connectivity index (χ1n) is 29.8. The molecule has 0 spiro atoms. The van der Waals surface area contributed by atoms with Gasteiger partial charge < -0.3 is 97.3 Å². The Morgan fingerprint density at radius 1 is 0.376 bits per heavy atom. The van der Waals surface area contributed by atoms with Crippen LogP contribution in [0.4, 0.5) is 0 Å². The maximum atomic E-state index is 14.3. The number of esters is 3. The minimum Gasteiger partial charge on any atom is -0.465 e. The summed E-state index contributed by atoms with van der Waals surface area (Å²) in [5, 5.41) is 80.3. The van der Waals surface area contributed by atoms with E-state index >= 15 is 0 Å². The second-order valence-electron chi connectivity index (χ2n) is 22.4. The van der Waals surface area contributed by atoms with Crippen molar-refractivity contribution in [2.45, 2.75) is 173 Å². The van der Waals surface area contributed by atoms with Gasteiger partial charge in [0.25, 0.3) is 0 Å². The van der Waals surface area contributed by atoms with Crippen LogP contribution >= 0.6 is 0 Å². The van der Waals surface area contributed by atoms with Gasteiger partial charge in [-0.05, 0) is 19.3 Å². The van der Waals surface area contributed by atoms with E-state index in [1.807, 2.05) is 0 Å². The molecule has 632 valence electrons. The van der Waals surface area contributed by atoms with E-state index in [0.717, 1.165) is 12.2 Å². The molecule has 5 aliphatic rings. The number of carbonyl (C=O) groups excluding carboxylic acids is 3. The van der Waals surface area contributed by atoms with E-state index in [-0.39, 0.29) is 25.9 Å². The summed E-state index contributed by atoms with van der Waals surface area (Å²) in [5.41, 5.74) is 0. The molecule has 5 aliphatic heterocycles. The summed E-state index contributed by atoms with van der Waals surface area (Å²) in [6.07, 6.45) is -61.0.